The van der Waals surface area contributed by atoms with Crippen LogP contribution in [0.4, 0.5) is 5.82 Å². The number of nitrogen functional groups attached to an aromatic ring is 1. The number of nitrogens with two attached hydrogens (primary N) is 1. The third kappa shape index (κ3) is 1.82. The van der Waals surface area contributed by atoms with E-state index < -0.39 is 0 Å². The fourth-order valence-electron chi connectivity index (χ4n) is 1.82. The fourth-order valence-corrected chi connectivity index (χ4v) is 1.82. The van der Waals surface area contributed by atoms with Gasteiger partial charge in [-0.2, -0.15) is 0 Å². The lowest BCUT2D eigenvalue weighted by atomic mass is 10.1. The number of rotatable bonds is 2. The molecule has 0 unspecified atom stereocenters. The molecule has 0 aliphatic heterocycles. The molecule has 3 aromatic heterocycles. The zero-order chi connectivity index (χ0) is 11.7. The van der Waals surface area contributed by atoms with E-state index in [4.69, 9.17) is 5.73 Å². The highest BCUT2D eigenvalue weighted by molar-refractivity contribution is 5.78. The number of fused-ring (bicyclic) bond motifs is 1. The van der Waals surface area contributed by atoms with Gasteiger partial charge in [0.25, 0.3) is 0 Å². The Hall–Kier alpha value is -2.43. The zero-order valence-electron chi connectivity index (χ0n) is 9.09. The van der Waals surface area contributed by atoms with Crippen molar-refractivity contribution in [3.8, 4) is 0 Å². The van der Waals surface area contributed by atoms with Gasteiger partial charge in [-0.05, 0) is 17.2 Å². The molecular formula is C12H11N5. The quantitative estimate of drug-likeness (QED) is 0.693. The van der Waals surface area contributed by atoms with Gasteiger partial charge in [-0.3, -0.25) is 0 Å². The second kappa shape index (κ2) is 3.86. The molecule has 0 aliphatic rings. The molecule has 17 heavy (non-hydrogen) atoms. The summed E-state index contributed by atoms with van der Waals surface area (Å²) in [6, 6.07) is 3.78. The summed E-state index contributed by atoms with van der Waals surface area (Å²) in [4.78, 5) is 15.4. The third-order valence-corrected chi connectivity index (χ3v) is 2.68. The average Bonchev–Trinajstić information content (AvgIpc) is 2.76. The number of aromatic amines is 1. The number of anilines is 1. The SMILES string of the molecule is Nc1ccc(Cc2c[nH]c3ncncc23)cn1. The van der Waals surface area contributed by atoms with Crippen LogP contribution in [-0.2, 0) is 6.42 Å². The average molecular weight is 225 g/mol. The first-order chi connectivity index (χ1) is 8.33. The molecule has 3 rings (SSSR count). The summed E-state index contributed by atoms with van der Waals surface area (Å²) in [7, 11) is 0. The van der Waals surface area contributed by atoms with E-state index in [9.17, 15) is 0 Å². The highest BCUT2D eigenvalue weighted by atomic mass is 14.9. The van der Waals surface area contributed by atoms with E-state index in [1.54, 1.807) is 12.3 Å². The predicted molar refractivity (Wildman–Crippen MR) is 65.3 cm³/mol. The first-order valence-corrected chi connectivity index (χ1v) is 5.29. The summed E-state index contributed by atoms with van der Waals surface area (Å²) >= 11 is 0. The Morgan fingerprint density at radius 3 is 2.94 bits per heavy atom. The summed E-state index contributed by atoms with van der Waals surface area (Å²) < 4.78 is 0. The zero-order valence-corrected chi connectivity index (χ0v) is 9.09. The Morgan fingerprint density at radius 1 is 1.18 bits per heavy atom. The number of hydrogen-bond donors (Lipinski definition) is 2. The van der Waals surface area contributed by atoms with Crippen molar-refractivity contribution in [2.24, 2.45) is 0 Å². The van der Waals surface area contributed by atoms with Crippen molar-refractivity contribution in [1.29, 1.82) is 0 Å². The van der Waals surface area contributed by atoms with Crippen LogP contribution in [0.5, 0.6) is 0 Å². The van der Waals surface area contributed by atoms with Crippen LogP contribution in [0.25, 0.3) is 11.0 Å². The molecule has 84 valence electrons. The summed E-state index contributed by atoms with van der Waals surface area (Å²) in [5.74, 6) is 0.538. The summed E-state index contributed by atoms with van der Waals surface area (Å²) in [6.07, 6.45) is 7.89. The maximum absolute atomic E-state index is 5.55. The minimum atomic E-state index is 0.538. The van der Waals surface area contributed by atoms with Gasteiger partial charge in [-0.25, -0.2) is 15.0 Å². The molecule has 0 atom stereocenters. The minimum Gasteiger partial charge on any atom is -0.384 e. The molecule has 0 spiro atoms. The smallest absolute Gasteiger partial charge is 0.140 e. The first-order valence-electron chi connectivity index (χ1n) is 5.29. The van der Waals surface area contributed by atoms with Gasteiger partial charge in [0.1, 0.15) is 17.8 Å². The van der Waals surface area contributed by atoms with E-state index in [2.05, 4.69) is 19.9 Å². The standard InChI is InChI=1S/C12H11N5/c13-11-2-1-8(4-15-11)3-9-5-16-12-10(9)6-14-7-17-12/h1-2,4-7H,3H2,(H2,13,15)(H,14,16,17). The number of nitrogens with one attached hydrogen (secondary N) is 1. The number of aromatic nitrogens is 4. The van der Waals surface area contributed by atoms with Crippen molar-refractivity contribution >= 4 is 16.9 Å². The lowest BCUT2D eigenvalue weighted by molar-refractivity contribution is 1.16. The monoisotopic (exact) mass is 225 g/mol. The summed E-state index contributed by atoms with van der Waals surface area (Å²) in [5.41, 5.74) is 8.69. The highest BCUT2D eigenvalue weighted by Crippen LogP contribution is 2.18. The van der Waals surface area contributed by atoms with E-state index in [0.717, 1.165) is 28.6 Å². The Bertz CT molecular complexity index is 641. The summed E-state index contributed by atoms with van der Waals surface area (Å²) in [6.45, 7) is 0. The van der Waals surface area contributed by atoms with E-state index >= 15 is 0 Å². The van der Waals surface area contributed by atoms with Crippen molar-refractivity contribution in [1.82, 2.24) is 19.9 Å². The topological polar surface area (TPSA) is 80.5 Å². The van der Waals surface area contributed by atoms with Gasteiger partial charge in [-0.1, -0.05) is 6.07 Å². The number of hydrogen-bond acceptors (Lipinski definition) is 4. The van der Waals surface area contributed by atoms with Gasteiger partial charge < -0.3 is 10.7 Å². The Balaban J connectivity index is 1.97. The molecule has 3 aromatic rings. The van der Waals surface area contributed by atoms with Crippen LogP contribution in [0.1, 0.15) is 11.1 Å². The Labute approximate surface area is 97.7 Å². The molecule has 3 N–H and O–H groups in total. The molecule has 0 radical (unpaired) electrons. The van der Waals surface area contributed by atoms with Crippen molar-refractivity contribution in [2.75, 3.05) is 5.73 Å². The van der Waals surface area contributed by atoms with Crippen LogP contribution >= 0.6 is 0 Å². The summed E-state index contributed by atoms with van der Waals surface area (Å²) in [5, 5.41) is 1.05. The highest BCUT2D eigenvalue weighted by Gasteiger charge is 2.05. The largest absolute Gasteiger partial charge is 0.384 e. The molecule has 0 saturated carbocycles. The van der Waals surface area contributed by atoms with Gasteiger partial charge in [0, 0.05) is 30.4 Å². The minimum absolute atomic E-state index is 0.538. The molecule has 0 fully saturated rings. The molecule has 0 aromatic carbocycles. The van der Waals surface area contributed by atoms with Crippen LogP contribution in [0.3, 0.4) is 0 Å². The Morgan fingerprint density at radius 2 is 2.12 bits per heavy atom. The molecule has 0 amide bonds. The van der Waals surface area contributed by atoms with Crippen molar-refractivity contribution in [3.05, 3.63) is 48.2 Å². The second-order valence-electron chi connectivity index (χ2n) is 3.87. The predicted octanol–water partition coefficient (Wildman–Crippen LogP) is 1.53. The van der Waals surface area contributed by atoms with Crippen LogP contribution in [0.2, 0.25) is 0 Å². The maximum atomic E-state index is 5.55. The molecule has 5 nitrogen and oxygen atoms in total. The molecular weight excluding hydrogens is 214 g/mol. The molecule has 3 heterocycles. The van der Waals surface area contributed by atoms with Gasteiger partial charge >= 0.3 is 0 Å². The van der Waals surface area contributed by atoms with Crippen LogP contribution in [-0.4, -0.2) is 19.9 Å². The normalized spacial score (nSPS) is 10.8. The van der Waals surface area contributed by atoms with Crippen LogP contribution in [0.15, 0.2) is 37.1 Å². The Kier molecular flexibility index (Phi) is 2.22. The van der Waals surface area contributed by atoms with E-state index in [-0.39, 0.29) is 0 Å². The number of nitrogens with zero attached hydrogens (tertiary/aromatic N) is 3. The van der Waals surface area contributed by atoms with Gasteiger partial charge in [0.15, 0.2) is 0 Å². The van der Waals surface area contributed by atoms with Crippen molar-refractivity contribution < 1.29 is 0 Å². The fraction of sp³-hybridized carbons (Fsp3) is 0.0833. The second-order valence-corrected chi connectivity index (χ2v) is 3.87. The number of pyridine rings is 1. The third-order valence-electron chi connectivity index (χ3n) is 2.68. The van der Waals surface area contributed by atoms with E-state index in [1.807, 2.05) is 18.5 Å². The molecule has 0 saturated heterocycles. The molecule has 5 heteroatoms. The van der Waals surface area contributed by atoms with Crippen LogP contribution in [0, 0.1) is 0 Å². The molecule has 0 aliphatic carbocycles. The van der Waals surface area contributed by atoms with E-state index in [1.165, 1.54) is 6.33 Å². The molecule has 0 bridgehead atoms. The maximum Gasteiger partial charge on any atom is 0.140 e. The lowest BCUT2D eigenvalue weighted by Gasteiger charge is -1.99. The van der Waals surface area contributed by atoms with Crippen molar-refractivity contribution in [3.63, 3.8) is 0 Å². The van der Waals surface area contributed by atoms with Gasteiger partial charge in [0.2, 0.25) is 0 Å². The van der Waals surface area contributed by atoms with Gasteiger partial charge in [0.05, 0.1) is 0 Å². The van der Waals surface area contributed by atoms with Crippen LogP contribution < -0.4 is 5.73 Å². The van der Waals surface area contributed by atoms with Gasteiger partial charge in [-0.15, -0.1) is 0 Å². The first kappa shape index (κ1) is 9.77. The van der Waals surface area contributed by atoms with Crippen molar-refractivity contribution in [2.45, 2.75) is 6.42 Å². The number of H-pyrrole nitrogens is 1. The lowest BCUT2D eigenvalue weighted by Crippen LogP contribution is -1.92. The van der Waals surface area contributed by atoms with E-state index in [0.29, 0.717) is 5.82 Å².